The molecule has 1 aromatic heterocycles. The lowest BCUT2D eigenvalue weighted by Crippen LogP contribution is -2.26. The molecule has 2 fully saturated rings. The van der Waals surface area contributed by atoms with Gasteiger partial charge in [0.15, 0.2) is 0 Å². The fourth-order valence-electron chi connectivity index (χ4n) is 3.33. The van der Waals surface area contributed by atoms with Gasteiger partial charge in [-0.3, -0.25) is 4.68 Å². The molecule has 0 bridgehead atoms. The van der Waals surface area contributed by atoms with E-state index in [4.69, 9.17) is 0 Å². The second-order valence-corrected chi connectivity index (χ2v) is 5.95. The van der Waals surface area contributed by atoms with E-state index in [2.05, 4.69) is 32.3 Å². The highest BCUT2D eigenvalue weighted by atomic mass is 15.3. The van der Waals surface area contributed by atoms with E-state index < -0.39 is 0 Å². The zero-order chi connectivity index (χ0) is 12.9. The van der Waals surface area contributed by atoms with Gasteiger partial charge in [-0.25, -0.2) is 0 Å². The van der Waals surface area contributed by atoms with Crippen LogP contribution >= 0.6 is 0 Å². The Labute approximate surface area is 116 Å². The summed E-state index contributed by atoms with van der Waals surface area (Å²) >= 11 is 0. The molecule has 2 heterocycles. The largest absolute Gasteiger partial charge is 0.367 e. The van der Waals surface area contributed by atoms with E-state index in [-0.39, 0.29) is 0 Å². The topological polar surface area (TPSA) is 33.1 Å². The molecule has 0 radical (unpaired) electrons. The summed E-state index contributed by atoms with van der Waals surface area (Å²) in [4.78, 5) is 2.53. The molecule has 1 aromatic rings. The minimum atomic E-state index is 0.642. The number of hydrogen-bond donors (Lipinski definition) is 1. The summed E-state index contributed by atoms with van der Waals surface area (Å²) in [7, 11) is 0. The van der Waals surface area contributed by atoms with Crippen LogP contribution in [0.3, 0.4) is 0 Å². The zero-order valence-corrected chi connectivity index (χ0v) is 11.9. The van der Waals surface area contributed by atoms with Gasteiger partial charge in [0, 0.05) is 25.4 Å². The molecular weight excluding hydrogens is 236 g/mol. The van der Waals surface area contributed by atoms with Crippen molar-refractivity contribution in [2.45, 2.75) is 51.0 Å². The van der Waals surface area contributed by atoms with Gasteiger partial charge < -0.3 is 10.2 Å². The zero-order valence-electron chi connectivity index (χ0n) is 11.9. The third-order valence-corrected chi connectivity index (χ3v) is 4.49. The van der Waals surface area contributed by atoms with Gasteiger partial charge in [-0.1, -0.05) is 19.3 Å². The number of likely N-dealkylation sites (tertiary alicyclic amines) is 1. The molecule has 1 saturated carbocycles. The molecule has 0 amide bonds. The van der Waals surface area contributed by atoms with Crippen LogP contribution in [-0.2, 0) is 0 Å². The van der Waals surface area contributed by atoms with Crippen molar-refractivity contribution in [3.05, 3.63) is 12.3 Å². The number of rotatable bonds is 5. The Hall–Kier alpha value is -1.03. The molecule has 19 heavy (non-hydrogen) atoms. The van der Waals surface area contributed by atoms with Crippen molar-refractivity contribution >= 4 is 5.82 Å². The number of hydrogen-bond acceptors (Lipinski definition) is 3. The number of nitrogens with zero attached hydrogens (tertiary/aromatic N) is 3. The van der Waals surface area contributed by atoms with E-state index in [1.54, 1.807) is 0 Å². The number of nitrogens with one attached hydrogen (secondary N) is 1. The summed E-state index contributed by atoms with van der Waals surface area (Å²) in [5.74, 6) is 1.05. The second-order valence-electron chi connectivity index (χ2n) is 5.95. The van der Waals surface area contributed by atoms with Crippen LogP contribution in [0.25, 0.3) is 0 Å². The Morgan fingerprint density at radius 2 is 1.89 bits per heavy atom. The van der Waals surface area contributed by atoms with Crippen LogP contribution in [0.5, 0.6) is 0 Å². The van der Waals surface area contributed by atoms with Crippen molar-refractivity contribution in [3.8, 4) is 0 Å². The Balaban J connectivity index is 1.44. The quantitative estimate of drug-likeness (QED) is 0.885. The van der Waals surface area contributed by atoms with Gasteiger partial charge in [-0.15, -0.1) is 0 Å². The first-order valence-electron chi connectivity index (χ1n) is 7.93. The highest BCUT2D eigenvalue weighted by Gasteiger charge is 2.16. The third kappa shape index (κ3) is 3.50. The summed E-state index contributed by atoms with van der Waals surface area (Å²) in [6, 6.07) is 2.77. The Kier molecular flexibility index (Phi) is 4.38. The van der Waals surface area contributed by atoms with Gasteiger partial charge in [0.25, 0.3) is 0 Å². The third-order valence-electron chi connectivity index (χ3n) is 4.49. The van der Waals surface area contributed by atoms with Crippen LogP contribution in [0.15, 0.2) is 12.3 Å². The van der Waals surface area contributed by atoms with E-state index in [0.717, 1.165) is 18.9 Å². The minimum absolute atomic E-state index is 0.642. The predicted molar refractivity (Wildman–Crippen MR) is 78.5 cm³/mol. The summed E-state index contributed by atoms with van der Waals surface area (Å²) in [5.41, 5.74) is 0. The van der Waals surface area contributed by atoms with Gasteiger partial charge in [0.1, 0.15) is 5.82 Å². The summed E-state index contributed by atoms with van der Waals surface area (Å²) in [6.45, 7) is 4.72. The molecule has 3 rings (SSSR count). The molecule has 1 aliphatic heterocycles. The fraction of sp³-hybridized carbons (Fsp3) is 0.800. The normalized spacial score (nSPS) is 21.9. The standard InChI is InChI=1S/C15H26N4/c1-2-6-14(7-3-1)19-12-8-15(17-19)16-9-13-18-10-4-5-11-18/h8,12,14H,1-7,9-11,13H2,(H,16,17). The van der Waals surface area contributed by atoms with E-state index >= 15 is 0 Å². The van der Waals surface area contributed by atoms with Crippen molar-refractivity contribution in [2.24, 2.45) is 0 Å². The second kappa shape index (κ2) is 6.42. The Bertz CT molecular complexity index is 375. The molecule has 0 atom stereocenters. The van der Waals surface area contributed by atoms with Crippen LogP contribution in [-0.4, -0.2) is 40.9 Å². The van der Waals surface area contributed by atoms with Crippen LogP contribution in [0.1, 0.15) is 51.0 Å². The van der Waals surface area contributed by atoms with Crippen molar-refractivity contribution < 1.29 is 0 Å². The smallest absolute Gasteiger partial charge is 0.148 e. The molecule has 1 saturated heterocycles. The molecule has 106 valence electrons. The lowest BCUT2D eigenvalue weighted by Gasteiger charge is -2.21. The van der Waals surface area contributed by atoms with Gasteiger partial charge in [0.05, 0.1) is 6.04 Å². The number of aromatic nitrogens is 2. The lowest BCUT2D eigenvalue weighted by atomic mass is 9.96. The van der Waals surface area contributed by atoms with Crippen molar-refractivity contribution in [2.75, 3.05) is 31.5 Å². The summed E-state index contributed by atoms with van der Waals surface area (Å²) in [5, 5.41) is 8.14. The molecule has 1 N–H and O–H groups in total. The fourth-order valence-corrected chi connectivity index (χ4v) is 3.33. The molecule has 0 unspecified atom stereocenters. The number of anilines is 1. The van der Waals surface area contributed by atoms with Gasteiger partial charge in [0.2, 0.25) is 0 Å². The van der Waals surface area contributed by atoms with Crippen molar-refractivity contribution in [1.82, 2.24) is 14.7 Å². The maximum Gasteiger partial charge on any atom is 0.148 e. The molecule has 2 aliphatic rings. The van der Waals surface area contributed by atoms with Gasteiger partial charge in [-0.05, 0) is 38.8 Å². The SMILES string of the molecule is c1cn(C2CCCCC2)nc1NCCN1CCCC1. The molecule has 1 aliphatic carbocycles. The highest BCUT2D eigenvalue weighted by Crippen LogP contribution is 2.27. The van der Waals surface area contributed by atoms with Crippen molar-refractivity contribution in [3.63, 3.8) is 0 Å². The van der Waals surface area contributed by atoms with Crippen molar-refractivity contribution in [1.29, 1.82) is 0 Å². The highest BCUT2D eigenvalue weighted by molar-refractivity contribution is 5.32. The maximum absolute atomic E-state index is 4.69. The molecule has 4 nitrogen and oxygen atoms in total. The van der Waals surface area contributed by atoms with Gasteiger partial charge >= 0.3 is 0 Å². The maximum atomic E-state index is 4.69. The van der Waals surface area contributed by atoms with Crippen LogP contribution in [0.2, 0.25) is 0 Å². The van der Waals surface area contributed by atoms with Crippen LogP contribution in [0, 0.1) is 0 Å². The summed E-state index contributed by atoms with van der Waals surface area (Å²) in [6.07, 6.45) is 11.6. The first kappa shape index (κ1) is 13.0. The average molecular weight is 262 g/mol. The van der Waals surface area contributed by atoms with E-state index in [9.17, 15) is 0 Å². The molecule has 0 spiro atoms. The lowest BCUT2D eigenvalue weighted by molar-refractivity contribution is 0.329. The minimum Gasteiger partial charge on any atom is -0.367 e. The first-order valence-corrected chi connectivity index (χ1v) is 7.93. The Morgan fingerprint density at radius 3 is 2.68 bits per heavy atom. The Morgan fingerprint density at radius 1 is 1.11 bits per heavy atom. The first-order chi connectivity index (χ1) is 9.42. The molecule has 4 heteroatoms. The van der Waals surface area contributed by atoms with Gasteiger partial charge in [-0.2, -0.15) is 5.10 Å². The van der Waals surface area contributed by atoms with Crippen LogP contribution < -0.4 is 5.32 Å². The molecular formula is C15H26N4. The van der Waals surface area contributed by atoms with E-state index in [1.165, 1.54) is 58.0 Å². The van der Waals surface area contributed by atoms with E-state index in [1.807, 2.05) is 0 Å². The molecule has 0 aromatic carbocycles. The van der Waals surface area contributed by atoms with E-state index in [0.29, 0.717) is 6.04 Å². The predicted octanol–water partition coefficient (Wildman–Crippen LogP) is 2.90. The average Bonchev–Trinajstić information content (AvgIpc) is 3.11. The summed E-state index contributed by atoms with van der Waals surface area (Å²) < 4.78 is 2.18. The van der Waals surface area contributed by atoms with Crippen LogP contribution in [0.4, 0.5) is 5.82 Å². The monoisotopic (exact) mass is 262 g/mol.